The number of nitrogens with two attached hydrogens (primary N) is 1. The van der Waals surface area contributed by atoms with E-state index < -0.39 is 0 Å². The average molecular weight is 569 g/mol. The number of H-pyrrole nitrogens is 1. The fourth-order valence-corrected chi connectivity index (χ4v) is 4.66. The van der Waals surface area contributed by atoms with Gasteiger partial charge in [0.1, 0.15) is 29.3 Å². The number of anilines is 3. The van der Waals surface area contributed by atoms with Gasteiger partial charge >= 0.3 is 0 Å². The summed E-state index contributed by atoms with van der Waals surface area (Å²) >= 11 is 6.51. The first-order valence-corrected chi connectivity index (χ1v) is 13.6. The molecule has 5 aromatic rings. The molecule has 5 rings (SSSR count). The highest BCUT2D eigenvalue weighted by molar-refractivity contribution is 6.35. The number of aromatic nitrogens is 3. The Labute approximate surface area is 242 Å². The molecule has 0 aliphatic rings. The van der Waals surface area contributed by atoms with Crippen LogP contribution in [-0.2, 0) is 4.79 Å². The van der Waals surface area contributed by atoms with Crippen LogP contribution in [0, 0.1) is 0 Å². The number of carbonyl (C=O) groups excluding carboxylic acids is 2. The Hall–Kier alpha value is -4.89. The van der Waals surface area contributed by atoms with E-state index in [9.17, 15) is 9.59 Å². The van der Waals surface area contributed by atoms with Gasteiger partial charge < -0.3 is 26.1 Å². The molecule has 0 aliphatic heterocycles. The van der Waals surface area contributed by atoms with Crippen LogP contribution in [0.3, 0.4) is 0 Å². The number of fused-ring (bicyclic) bond motifs is 1. The van der Waals surface area contributed by atoms with Crippen molar-refractivity contribution in [3.63, 3.8) is 0 Å². The quantitative estimate of drug-likeness (QED) is 0.0736. The molecule has 10 heteroatoms. The van der Waals surface area contributed by atoms with Crippen molar-refractivity contribution in [2.45, 2.75) is 25.7 Å². The highest BCUT2D eigenvalue weighted by Crippen LogP contribution is 2.31. The summed E-state index contributed by atoms with van der Waals surface area (Å²) < 4.78 is 5.83. The molecule has 0 spiro atoms. The van der Waals surface area contributed by atoms with Gasteiger partial charge in [0.05, 0.1) is 27.3 Å². The first-order chi connectivity index (χ1) is 20.0. The van der Waals surface area contributed by atoms with Gasteiger partial charge in [0.2, 0.25) is 5.91 Å². The molecular formula is C31H29ClN6O3. The van der Waals surface area contributed by atoms with Gasteiger partial charge in [-0.05, 0) is 49.2 Å². The Bertz CT molecular complexity index is 1670. The van der Waals surface area contributed by atoms with Crippen molar-refractivity contribution in [1.82, 2.24) is 15.0 Å². The fourth-order valence-electron chi connectivity index (χ4n) is 4.41. The Morgan fingerprint density at radius 3 is 2.51 bits per heavy atom. The number of ether oxygens (including phenoxy) is 1. The van der Waals surface area contributed by atoms with E-state index in [2.05, 4.69) is 25.6 Å². The summed E-state index contributed by atoms with van der Waals surface area (Å²) in [6.45, 7) is 0.616. The van der Waals surface area contributed by atoms with E-state index in [1.807, 2.05) is 42.5 Å². The molecule has 208 valence electrons. The number of aromatic amines is 1. The van der Waals surface area contributed by atoms with Crippen molar-refractivity contribution >= 4 is 51.5 Å². The lowest BCUT2D eigenvalue weighted by molar-refractivity contribution is -0.116. The van der Waals surface area contributed by atoms with E-state index in [1.54, 1.807) is 36.5 Å². The maximum Gasteiger partial charge on any atom is 0.224 e. The number of ketones is 1. The smallest absolute Gasteiger partial charge is 0.224 e. The van der Waals surface area contributed by atoms with Gasteiger partial charge in [0.15, 0.2) is 5.78 Å². The number of unbranched alkanes of at least 4 members (excludes halogenated alkanes) is 2. The number of rotatable bonds is 12. The van der Waals surface area contributed by atoms with Gasteiger partial charge in [-0.15, -0.1) is 0 Å². The topological polar surface area (TPSA) is 135 Å². The van der Waals surface area contributed by atoms with E-state index in [0.29, 0.717) is 63.8 Å². The highest BCUT2D eigenvalue weighted by atomic mass is 35.5. The zero-order valence-corrected chi connectivity index (χ0v) is 22.9. The fraction of sp³-hybridized carbons (Fsp3) is 0.161. The van der Waals surface area contributed by atoms with Crippen molar-refractivity contribution in [2.24, 2.45) is 0 Å². The zero-order chi connectivity index (χ0) is 28.6. The Morgan fingerprint density at radius 1 is 0.902 bits per heavy atom. The van der Waals surface area contributed by atoms with Crippen molar-refractivity contribution in [3.05, 3.63) is 101 Å². The average Bonchev–Trinajstić information content (AvgIpc) is 3.41. The summed E-state index contributed by atoms with van der Waals surface area (Å²) in [7, 11) is 0. The molecule has 0 atom stereocenters. The number of amides is 1. The monoisotopic (exact) mass is 568 g/mol. The molecule has 0 saturated carbocycles. The number of benzene rings is 3. The summed E-state index contributed by atoms with van der Waals surface area (Å²) in [6.07, 6.45) is 5.85. The molecule has 2 heterocycles. The van der Waals surface area contributed by atoms with Crippen molar-refractivity contribution in [1.29, 1.82) is 0 Å². The summed E-state index contributed by atoms with van der Waals surface area (Å²) in [5.74, 6) is 1.44. The van der Waals surface area contributed by atoms with Crippen LogP contribution < -0.4 is 21.1 Å². The number of nitrogens with zero attached hydrogens (tertiary/aromatic N) is 2. The second-order valence-corrected chi connectivity index (χ2v) is 9.81. The molecule has 0 fully saturated rings. The Kier molecular flexibility index (Phi) is 8.76. The minimum Gasteiger partial charge on any atom is -0.457 e. The second-order valence-electron chi connectivity index (χ2n) is 9.41. The lowest BCUT2D eigenvalue weighted by atomic mass is 10.0. The number of nitrogens with one attached hydrogen (secondary N) is 3. The molecule has 3 aromatic carbocycles. The lowest BCUT2D eigenvalue weighted by Gasteiger charge is -2.10. The number of para-hydroxylation sites is 3. The molecule has 0 saturated heterocycles. The first-order valence-electron chi connectivity index (χ1n) is 13.3. The van der Waals surface area contributed by atoms with Crippen LogP contribution in [0.4, 0.5) is 17.2 Å². The number of carbonyl (C=O) groups is 2. The SMILES string of the molecule is Nc1ccccc1NC(=O)CCCCCNc1ncnc2[nH]cc(C(=O)c3ccc(Oc4ccccc4)cc3Cl)c12. The first kappa shape index (κ1) is 27.7. The molecule has 5 N–H and O–H groups in total. The van der Waals surface area contributed by atoms with Gasteiger partial charge in [-0.1, -0.05) is 48.4 Å². The third-order valence-electron chi connectivity index (χ3n) is 6.49. The number of nitrogen functional groups attached to an aromatic ring is 1. The van der Waals surface area contributed by atoms with Crippen LogP contribution in [-0.4, -0.2) is 33.2 Å². The van der Waals surface area contributed by atoms with Crippen LogP contribution in [0.2, 0.25) is 5.02 Å². The van der Waals surface area contributed by atoms with E-state index in [4.69, 9.17) is 22.1 Å². The number of halogens is 1. The van der Waals surface area contributed by atoms with Crippen molar-refractivity contribution in [2.75, 3.05) is 22.9 Å². The third-order valence-corrected chi connectivity index (χ3v) is 6.80. The Morgan fingerprint density at radius 2 is 1.71 bits per heavy atom. The summed E-state index contributed by atoms with van der Waals surface area (Å²) in [6, 6.07) is 21.5. The van der Waals surface area contributed by atoms with Crippen LogP contribution in [0.25, 0.3) is 11.0 Å². The molecule has 0 radical (unpaired) electrons. The zero-order valence-electron chi connectivity index (χ0n) is 22.2. The van der Waals surface area contributed by atoms with E-state index in [-0.39, 0.29) is 16.7 Å². The molecule has 0 bridgehead atoms. The van der Waals surface area contributed by atoms with Crippen LogP contribution in [0.1, 0.15) is 41.6 Å². The van der Waals surface area contributed by atoms with Crippen molar-refractivity contribution in [3.8, 4) is 11.5 Å². The molecular weight excluding hydrogens is 540 g/mol. The van der Waals surface area contributed by atoms with Gasteiger partial charge in [0, 0.05) is 30.8 Å². The van der Waals surface area contributed by atoms with Crippen molar-refractivity contribution < 1.29 is 14.3 Å². The summed E-state index contributed by atoms with van der Waals surface area (Å²) in [5.41, 5.74) is 8.36. The highest BCUT2D eigenvalue weighted by Gasteiger charge is 2.21. The molecule has 2 aromatic heterocycles. The molecule has 1 amide bonds. The van der Waals surface area contributed by atoms with Gasteiger partial charge in [0.25, 0.3) is 0 Å². The predicted octanol–water partition coefficient (Wildman–Crippen LogP) is 6.83. The Balaban J connectivity index is 1.18. The van der Waals surface area contributed by atoms with Crippen LogP contribution in [0.5, 0.6) is 11.5 Å². The molecule has 9 nitrogen and oxygen atoms in total. The van der Waals surface area contributed by atoms with E-state index >= 15 is 0 Å². The largest absolute Gasteiger partial charge is 0.457 e. The third kappa shape index (κ3) is 6.82. The summed E-state index contributed by atoms with van der Waals surface area (Å²) in [4.78, 5) is 37.5. The lowest BCUT2D eigenvalue weighted by Crippen LogP contribution is -2.12. The maximum atomic E-state index is 13.5. The molecule has 0 unspecified atom stereocenters. The van der Waals surface area contributed by atoms with E-state index in [1.165, 1.54) is 6.33 Å². The van der Waals surface area contributed by atoms with Gasteiger partial charge in [-0.3, -0.25) is 9.59 Å². The van der Waals surface area contributed by atoms with Crippen LogP contribution in [0.15, 0.2) is 85.3 Å². The second kappa shape index (κ2) is 13.0. The number of hydrogen-bond donors (Lipinski definition) is 4. The molecule has 0 aliphatic carbocycles. The summed E-state index contributed by atoms with van der Waals surface area (Å²) in [5, 5.41) is 7.03. The van der Waals surface area contributed by atoms with Gasteiger partial charge in [-0.2, -0.15) is 0 Å². The normalized spacial score (nSPS) is 10.9. The van der Waals surface area contributed by atoms with Gasteiger partial charge in [-0.25, -0.2) is 9.97 Å². The van der Waals surface area contributed by atoms with Crippen LogP contribution >= 0.6 is 11.6 Å². The minimum absolute atomic E-state index is 0.0674. The standard InChI is InChI=1S/C31H29ClN6O3/c32-24-17-21(41-20-9-3-1-4-10-20)14-15-22(24)29(40)23-18-35-31-28(23)30(36-19-37-31)34-16-8-2-5-13-27(39)38-26-12-7-6-11-25(26)33/h1,3-4,6-7,9-12,14-15,17-19H,2,5,8,13,16,33H2,(H,38,39)(H2,34,35,36,37). The minimum atomic E-state index is -0.254. The van der Waals surface area contributed by atoms with E-state index in [0.717, 1.165) is 19.3 Å². The maximum absolute atomic E-state index is 13.5. The predicted molar refractivity (Wildman–Crippen MR) is 162 cm³/mol. The molecule has 41 heavy (non-hydrogen) atoms. The number of hydrogen-bond acceptors (Lipinski definition) is 7.